The molecule has 0 aliphatic carbocycles. The topological polar surface area (TPSA) is 83.1 Å². The zero-order chi connectivity index (χ0) is 19.8. The maximum Gasteiger partial charge on any atom is 0.321 e. The summed E-state index contributed by atoms with van der Waals surface area (Å²) in [4.78, 5) is 13.6. The van der Waals surface area contributed by atoms with Gasteiger partial charge < -0.3 is 25.2 Å². The number of hydrogen-bond acceptors (Lipinski definition) is 5. The Morgan fingerprint density at radius 2 is 1.89 bits per heavy atom. The molecule has 0 bridgehead atoms. The molecule has 2 atom stereocenters. The van der Waals surface area contributed by atoms with Crippen LogP contribution in [0, 0.1) is 5.82 Å². The lowest BCUT2D eigenvalue weighted by molar-refractivity contribution is 0.182. The normalized spacial score (nSPS) is 21.0. The van der Waals surface area contributed by atoms with Crippen LogP contribution in [0.2, 0.25) is 0 Å². The van der Waals surface area contributed by atoms with Crippen molar-refractivity contribution < 1.29 is 23.8 Å². The Bertz CT molecular complexity index is 921. The van der Waals surface area contributed by atoms with Crippen molar-refractivity contribution in [3.8, 4) is 11.5 Å². The van der Waals surface area contributed by atoms with Crippen LogP contribution in [0.25, 0.3) is 0 Å². The number of nitrogens with one attached hydrogen (secondary N) is 2. The fraction of sp³-hybridized carbons (Fsp3) is 0.350. The van der Waals surface area contributed by atoms with Gasteiger partial charge in [0.1, 0.15) is 12.0 Å². The molecule has 2 aromatic carbocycles. The number of methoxy groups -OCH3 is 2. The lowest BCUT2D eigenvalue weighted by Gasteiger charge is -2.32. The zero-order valence-electron chi connectivity index (χ0n) is 15.7. The first kappa shape index (κ1) is 18.4. The molecule has 8 heteroatoms. The summed E-state index contributed by atoms with van der Waals surface area (Å²) in [5, 5.41) is 16.1. The van der Waals surface area contributed by atoms with Gasteiger partial charge in [-0.15, -0.1) is 0 Å². The van der Waals surface area contributed by atoms with Crippen LogP contribution in [0.3, 0.4) is 0 Å². The molecule has 7 nitrogen and oxygen atoms in total. The van der Waals surface area contributed by atoms with E-state index < -0.39 is 12.0 Å². The number of urea groups is 1. The minimum Gasteiger partial charge on any atom is -0.493 e. The van der Waals surface area contributed by atoms with Crippen molar-refractivity contribution in [3.05, 3.63) is 47.3 Å². The van der Waals surface area contributed by atoms with Gasteiger partial charge in [0.15, 0.2) is 11.5 Å². The van der Waals surface area contributed by atoms with E-state index in [1.807, 2.05) is 18.2 Å². The fourth-order valence-electron chi connectivity index (χ4n) is 3.88. The van der Waals surface area contributed by atoms with E-state index >= 15 is 0 Å². The van der Waals surface area contributed by atoms with Gasteiger partial charge in [0.25, 0.3) is 0 Å². The first-order valence-corrected chi connectivity index (χ1v) is 9.07. The predicted octanol–water partition coefficient (Wildman–Crippen LogP) is 2.64. The van der Waals surface area contributed by atoms with Crippen LogP contribution in [-0.2, 0) is 0 Å². The van der Waals surface area contributed by atoms with Crippen LogP contribution in [0.15, 0.2) is 30.3 Å². The third kappa shape index (κ3) is 3.09. The van der Waals surface area contributed by atoms with Gasteiger partial charge in [-0.3, -0.25) is 4.90 Å². The van der Waals surface area contributed by atoms with Gasteiger partial charge in [-0.25, -0.2) is 9.18 Å². The van der Waals surface area contributed by atoms with Gasteiger partial charge in [0.2, 0.25) is 0 Å². The average Bonchev–Trinajstić information content (AvgIpc) is 3.12. The van der Waals surface area contributed by atoms with Gasteiger partial charge in [0, 0.05) is 42.9 Å². The van der Waals surface area contributed by atoms with E-state index in [9.17, 15) is 14.3 Å². The van der Waals surface area contributed by atoms with E-state index in [4.69, 9.17) is 9.47 Å². The Morgan fingerprint density at radius 3 is 2.57 bits per heavy atom. The van der Waals surface area contributed by atoms with Crippen molar-refractivity contribution in [1.82, 2.24) is 5.32 Å². The van der Waals surface area contributed by atoms with Gasteiger partial charge in [-0.2, -0.15) is 0 Å². The minimum absolute atomic E-state index is 0.154. The van der Waals surface area contributed by atoms with Crippen LogP contribution < -0.4 is 25.0 Å². The molecule has 2 heterocycles. The smallest absolute Gasteiger partial charge is 0.321 e. The number of halogens is 1. The maximum atomic E-state index is 14.8. The van der Waals surface area contributed by atoms with E-state index in [0.29, 0.717) is 42.3 Å². The van der Waals surface area contributed by atoms with Crippen molar-refractivity contribution in [2.75, 3.05) is 37.5 Å². The van der Waals surface area contributed by atoms with E-state index in [2.05, 4.69) is 10.6 Å². The lowest BCUT2D eigenvalue weighted by atomic mass is 9.83. The van der Waals surface area contributed by atoms with Crippen molar-refractivity contribution in [2.24, 2.45) is 0 Å². The number of nitrogens with zero attached hydrogens (tertiary/aromatic N) is 1. The second-order valence-corrected chi connectivity index (χ2v) is 6.83. The summed E-state index contributed by atoms with van der Waals surface area (Å²) < 4.78 is 25.3. The number of rotatable bonds is 4. The average molecular weight is 387 g/mol. The number of amides is 2. The van der Waals surface area contributed by atoms with Crippen molar-refractivity contribution >= 4 is 17.4 Å². The van der Waals surface area contributed by atoms with Gasteiger partial charge in [-0.05, 0) is 29.3 Å². The third-order valence-electron chi connectivity index (χ3n) is 5.24. The van der Waals surface area contributed by atoms with Gasteiger partial charge in [0.05, 0.1) is 14.2 Å². The molecule has 2 aliphatic rings. The van der Waals surface area contributed by atoms with Crippen molar-refractivity contribution in [2.45, 2.75) is 18.6 Å². The summed E-state index contributed by atoms with van der Waals surface area (Å²) in [5.74, 6) is -0.0501. The Morgan fingerprint density at radius 1 is 1.14 bits per heavy atom. The number of ether oxygens (including phenoxy) is 2. The second kappa shape index (κ2) is 7.20. The molecular formula is C20H22FN3O4. The highest BCUT2D eigenvalue weighted by molar-refractivity contribution is 5.94. The van der Waals surface area contributed by atoms with Gasteiger partial charge in [-0.1, -0.05) is 6.07 Å². The molecule has 28 heavy (non-hydrogen) atoms. The first-order valence-electron chi connectivity index (χ1n) is 9.07. The standard InChI is InChI=1S/C20H22FN3O4/c1-27-17-8-14(15(21)10-18(17)28-2)13-9-19(25)23-16-7-11(3-4-12(13)16)24-6-5-22-20(24)26/h3-4,7-8,10,13,19,23,25H,5-6,9H2,1-2H3,(H,22,26). The van der Waals surface area contributed by atoms with E-state index in [1.54, 1.807) is 11.0 Å². The molecule has 3 N–H and O–H groups in total. The van der Waals surface area contributed by atoms with Crippen molar-refractivity contribution in [3.63, 3.8) is 0 Å². The van der Waals surface area contributed by atoms with Gasteiger partial charge >= 0.3 is 6.03 Å². The Labute approximate surface area is 162 Å². The van der Waals surface area contributed by atoms with Crippen LogP contribution in [0.5, 0.6) is 11.5 Å². The molecule has 2 aromatic rings. The highest BCUT2D eigenvalue weighted by Gasteiger charge is 2.31. The molecular weight excluding hydrogens is 365 g/mol. The quantitative estimate of drug-likeness (QED) is 0.751. The molecule has 0 saturated carbocycles. The number of anilines is 2. The van der Waals surface area contributed by atoms with E-state index in [0.717, 1.165) is 11.3 Å². The summed E-state index contributed by atoms with van der Waals surface area (Å²) in [6, 6.07) is 8.28. The molecule has 1 fully saturated rings. The molecule has 0 radical (unpaired) electrons. The number of fused-ring (bicyclic) bond motifs is 1. The summed E-state index contributed by atoms with van der Waals surface area (Å²) in [6.07, 6.45) is -0.532. The number of carbonyl (C=O) groups excluding carboxylic acids is 1. The summed E-state index contributed by atoms with van der Waals surface area (Å²) in [6.45, 7) is 1.17. The molecule has 0 spiro atoms. The third-order valence-corrected chi connectivity index (χ3v) is 5.24. The molecule has 2 aliphatic heterocycles. The SMILES string of the molecule is COc1cc(F)c(C2CC(O)Nc3cc(N4CCNC4=O)ccc32)cc1OC. The second-order valence-electron chi connectivity index (χ2n) is 6.83. The monoisotopic (exact) mass is 387 g/mol. The molecule has 2 unspecified atom stereocenters. The van der Waals surface area contributed by atoms with E-state index in [-0.39, 0.29) is 11.9 Å². The van der Waals surface area contributed by atoms with E-state index in [1.165, 1.54) is 20.3 Å². The number of aliphatic hydroxyl groups excluding tert-OH is 1. The van der Waals surface area contributed by atoms with Crippen LogP contribution in [-0.4, -0.2) is 44.7 Å². The van der Waals surface area contributed by atoms with Crippen LogP contribution in [0.1, 0.15) is 23.5 Å². The zero-order valence-corrected chi connectivity index (χ0v) is 15.7. The molecule has 0 aromatic heterocycles. The molecule has 4 rings (SSSR count). The van der Waals surface area contributed by atoms with Crippen LogP contribution in [0.4, 0.5) is 20.6 Å². The number of benzene rings is 2. The fourth-order valence-corrected chi connectivity index (χ4v) is 3.88. The maximum absolute atomic E-state index is 14.8. The van der Waals surface area contributed by atoms with Crippen LogP contribution >= 0.6 is 0 Å². The highest BCUT2D eigenvalue weighted by atomic mass is 19.1. The minimum atomic E-state index is -0.840. The first-order chi connectivity index (χ1) is 13.5. The number of hydrogen-bond donors (Lipinski definition) is 3. The number of aliphatic hydroxyl groups is 1. The number of carbonyl (C=O) groups is 1. The Balaban J connectivity index is 1.76. The lowest BCUT2D eigenvalue weighted by Crippen LogP contribution is -2.30. The molecule has 2 amide bonds. The highest BCUT2D eigenvalue weighted by Crippen LogP contribution is 2.43. The summed E-state index contributed by atoms with van der Waals surface area (Å²) in [7, 11) is 2.95. The predicted molar refractivity (Wildman–Crippen MR) is 103 cm³/mol. The largest absolute Gasteiger partial charge is 0.493 e. The Hall–Kier alpha value is -3.00. The van der Waals surface area contributed by atoms with Crippen molar-refractivity contribution in [1.29, 1.82) is 0 Å². The molecule has 148 valence electrons. The summed E-state index contributed by atoms with van der Waals surface area (Å²) >= 11 is 0. The Kier molecular flexibility index (Phi) is 4.72. The molecule has 1 saturated heterocycles. The summed E-state index contributed by atoms with van der Waals surface area (Å²) in [5.41, 5.74) is 2.67.